The van der Waals surface area contributed by atoms with Gasteiger partial charge >= 0.3 is 5.97 Å². The molecule has 1 aliphatic rings. The first-order valence-corrected chi connectivity index (χ1v) is 4.74. The molecule has 0 aromatic heterocycles. The van der Waals surface area contributed by atoms with Crippen molar-refractivity contribution in [3.63, 3.8) is 0 Å². The number of esters is 1. The topological polar surface area (TPSA) is 53.3 Å². The van der Waals surface area contributed by atoms with Crippen molar-refractivity contribution in [3.05, 3.63) is 0 Å². The molecule has 0 saturated heterocycles. The van der Waals surface area contributed by atoms with Gasteiger partial charge in [0.2, 0.25) is 0 Å². The zero-order chi connectivity index (χ0) is 10.6. The van der Waals surface area contributed by atoms with Crippen LogP contribution in [-0.4, -0.2) is 38.1 Å². The summed E-state index contributed by atoms with van der Waals surface area (Å²) in [6.45, 7) is 1.12. The van der Waals surface area contributed by atoms with Crippen LogP contribution in [0.2, 0.25) is 0 Å². The summed E-state index contributed by atoms with van der Waals surface area (Å²) in [4.78, 5) is 12.9. The predicted octanol–water partition coefficient (Wildman–Crippen LogP) is 0.785. The van der Waals surface area contributed by atoms with Gasteiger partial charge in [0.25, 0.3) is 0 Å². The van der Waals surface area contributed by atoms with Crippen LogP contribution in [0, 0.1) is 16.7 Å². The van der Waals surface area contributed by atoms with Gasteiger partial charge in [-0.25, -0.2) is 0 Å². The van der Waals surface area contributed by atoms with Crippen molar-refractivity contribution < 1.29 is 9.53 Å². The summed E-state index contributed by atoms with van der Waals surface area (Å²) in [5.41, 5.74) is 0.164. The van der Waals surface area contributed by atoms with Crippen LogP contribution in [0.25, 0.3) is 0 Å². The average molecular weight is 196 g/mol. The summed E-state index contributed by atoms with van der Waals surface area (Å²) in [7, 11) is 3.27. The number of methoxy groups -OCH3 is 1. The molecule has 4 heteroatoms. The molecule has 0 atom stereocenters. The Bertz CT molecular complexity index is 253. The Balaban J connectivity index is 2.30. The standard InChI is InChI=1S/C10H16N2O2/c1-12(7-9(13)14-2)8-10(3-4-10)5-6-11/h3-5,7-8H2,1-2H3. The van der Waals surface area contributed by atoms with Crippen LogP contribution in [0.1, 0.15) is 19.3 Å². The Morgan fingerprint density at radius 3 is 2.71 bits per heavy atom. The van der Waals surface area contributed by atoms with E-state index >= 15 is 0 Å². The molecular weight excluding hydrogens is 180 g/mol. The lowest BCUT2D eigenvalue weighted by atomic mass is 10.0. The minimum atomic E-state index is -0.222. The Morgan fingerprint density at radius 2 is 2.29 bits per heavy atom. The summed E-state index contributed by atoms with van der Waals surface area (Å²) < 4.78 is 4.57. The maximum absolute atomic E-state index is 11.0. The van der Waals surface area contributed by atoms with Crippen molar-refractivity contribution in [2.45, 2.75) is 19.3 Å². The number of carbonyl (C=O) groups excluding carboxylic acids is 1. The van der Waals surface area contributed by atoms with E-state index in [1.54, 1.807) is 0 Å². The molecule has 1 rings (SSSR count). The molecule has 0 aromatic carbocycles. The van der Waals surface area contributed by atoms with Gasteiger partial charge in [0.15, 0.2) is 0 Å². The van der Waals surface area contributed by atoms with Gasteiger partial charge < -0.3 is 4.74 Å². The highest BCUT2D eigenvalue weighted by atomic mass is 16.5. The van der Waals surface area contributed by atoms with E-state index in [2.05, 4.69) is 10.8 Å². The highest BCUT2D eigenvalue weighted by molar-refractivity contribution is 5.71. The Hall–Kier alpha value is -1.08. The summed E-state index contributed by atoms with van der Waals surface area (Å²) in [6.07, 6.45) is 2.80. The van der Waals surface area contributed by atoms with Crippen molar-refractivity contribution in [1.82, 2.24) is 4.90 Å². The second-order valence-corrected chi connectivity index (χ2v) is 4.08. The van der Waals surface area contributed by atoms with Crippen molar-refractivity contribution in [2.75, 3.05) is 27.2 Å². The van der Waals surface area contributed by atoms with E-state index in [1.807, 2.05) is 11.9 Å². The molecule has 0 bridgehead atoms. The van der Waals surface area contributed by atoms with Crippen molar-refractivity contribution in [2.24, 2.45) is 5.41 Å². The van der Waals surface area contributed by atoms with E-state index in [0.29, 0.717) is 13.0 Å². The van der Waals surface area contributed by atoms with Crippen LogP contribution < -0.4 is 0 Å². The first kappa shape index (κ1) is 11.0. The minimum Gasteiger partial charge on any atom is -0.468 e. The fraction of sp³-hybridized carbons (Fsp3) is 0.800. The van der Waals surface area contributed by atoms with Crippen molar-refractivity contribution in [3.8, 4) is 6.07 Å². The van der Waals surface area contributed by atoms with Crippen LogP contribution >= 0.6 is 0 Å². The molecular formula is C10H16N2O2. The number of carbonyl (C=O) groups is 1. The van der Waals surface area contributed by atoms with Crippen LogP contribution in [0.3, 0.4) is 0 Å². The number of likely N-dealkylation sites (N-methyl/N-ethyl adjacent to an activating group) is 1. The van der Waals surface area contributed by atoms with Crippen LogP contribution in [0.4, 0.5) is 0 Å². The molecule has 0 radical (unpaired) electrons. The highest BCUT2D eigenvalue weighted by Crippen LogP contribution is 2.48. The number of hydrogen-bond donors (Lipinski definition) is 0. The molecule has 0 N–H and O–H groups in total. The molecule has 1 aliphatic carbocycles. The van der Waals surface area contributed by atoms with Gasteiger partial charge in [-0.3, -0.25) is 9.69 Å². The first-order chi connectivity index (χ1) is 6.62. The van der Waals surface area contributed by atoms with E-state index in [0.717, 1.165) is 19.4 Å². The van der Waals surface area contributed by atoms with Gasteiger partial charge in [0, 0.05) is 13.0 Å². The highest BCUT2D eigenvalue weighted by Gasteiger charge is 2.43. The van der Waals surface area contributed by atoms with E-state index in [4.69, 9.17) is 5.26 Å². The Morgan fingerprint density at radius 1 is 1.64 bits per heavy atom. The minimum absolute atomic E-state index is 0.164. The molecule has 0 spiro atoms. The average Bonchev–Trinajstić information content (AvgIpc) is 2.85. The second-order valence-electron chi connectivity index (χ2n) is 4.08. The molecule has 14 heavy (non-hydrogen) atoms. The third-order valence-electron chi connectivity index (χ3n) is 2.64. The number of nitrogens with zero attached hydrogens (tertiary/aromatic N) is 2. The molecule has 1 saturated carbocycles. The first-order valence-electron chi connectivity index (χ1n) is 4.74. The smallest absolute Gasteiger partial charge is 0.319 e. The lowest BCUT2D eigenvalue weighted by Gasteiger charge is -2.20. The number of rotatable bonds is 5. The van der Waals surface area contributed by atoms with Crippen molar-refractivity contribution >= 4 is 5.97 Å². The maximum atomic E-state index is 11.0. The zero-order valence-corrected chi connectivity index (χ0v) is 8.75. The fourth-order valence-corrected chi connectivity index (χ4v) is 1.65. The van der Waals surface area contributed by atoms with Crippen LogP contribution in [0.5, 0.6) is 0 Å². The molecule has 4 nitrogen and oxygen atoms in total. The summed E-state index contributed by atoms with van der Waals surface area (Å²) in [5, 5.41) is 8.62. The van der Waals surface area contributed by atoms with E-state index in [-0.39, 0.29) is 11.4 Å². The third-order valence-corrected chi connectivity index (χ3v) is 2.64. The lowest BCUT2D eigenvalue weighted by Crippen LogP contribution is -2.32. The van der Waals surface area contributed by atoms with E-state index in [9.17, 15) is 4.79 Å². The molecule has 0 heterocycles. The number of hydrogen-bond acceptors (Lipinski definition) is 4. The fourth-order valence-electron chi connectivity index (χ4n) is 1.65. The maximum Gasteiger partial charge on any atom is 0.319 e. The van der Waals surface area contributed by atoms with Crippen molar-refractivity contribution in [1.29, 1.82) is 5.26 Å². The van der Waals surface area contributed by atoms with Gasteiger partial charge in [-0.2, -0.15) is 5.26 Å². The lowest BCUT2D eigenvalue weighted by molar-refractivity contribution is -0.141. The molecule has 1 fully saturated rings. The Kier molecular flexibility index (Phi) is 3.48. The van der Waals surface area contributed by atoms with E-state index < -0.39 is 0 Å². The molecule has 0 unspecified atom stereocenters. The predicted molar refractivity (Wildman–Crippen MR) is 51.4 cm³/mol. The monoisotopic (exact) mass is 196 g/mol. The van der Waals surface area contributed by atoms with Crippen LogP contribution in [-0.2, 0) is 9.53 Å². The number of ether oxygens (including phenoxy) is 1. The summed E-state index contributed by atoms with van der Waals surface area (Å²) in [6, 6.07) is 2.20. The second kappa shape index (κ2) is 4.43. The van der Waals surface area contributed by atoms with Gasteiger partial charge in [0.1, 0.15) is 0 Å². The summed E-state index contributed by atoms with van der Waals surface area (Å²) in [5.74, 6) is -0.222. The van der Waals surface area contributed by atoms with Gasteiger partial charge in [-0.05, 0) is 25.3 Å². The Labute approximate surface area is 84.4 Å². The number of nitriles is 1. The van der Waals surface area contributed by atoms with Gasteiger partial charge in [-0.1, -0.05) is 0 Å². The molecule has 0 amide bonds. The zero-order valence-electron chi connectivity index (χ0n) is 8.75. The quantitative estimate of drug-likeness (QED) is 0.610. The molecule has 0 aromatic rings. The molecule has 78 valence electrons. The summed E-state index contributed by atoms with van der Waals surface area (Å²) >= 11 is 0. The van der Waals surface area contributed by atoms with Gasteiger partial charge in [0.05, 0.1) is 19.7 Å². The largest absolute Gasteiger partial charge is 0.468 e. The van der Waals surface area contributed by atoms with Crippen LogP contribution in [0.15, 0.2) is 0 Å². The third kappa shape index (κ3) is 3.00. The molecule has 0 aliphatic heterocycles. The SMILES string of the molecule is COC(=O)CN(C)CC1(CC#N)CC1. The van der Waals surface area contributed by atoms with Gasteiger partial charge in [-0.15, -0.1) is 0 Å². The normalized spacial score (nSPS) is 17.6. The van der Waals surface area contributed by atoms with E-state index in [1.165, 1.54) is 7.11 Å².